The van der Waals surface area contributed by atoms with E-state index in [0.717, 1.165) is 0 Å². The summed E-state index contributed by atoms with van der Waals surface area (Å²) in [4.78, 5) is 24.0. The molecule has 3 rings (SSSR count). The first-order valence-electron chi connectivity index (χ1n) is 12.8. The average Bonchev–Trinajstić information content (AvgIpc) is 2.94. The maximum Gasteiger partial charge on any atom is 0.426 e. The maximum absolute atomic E-state index is 14.6. The summed E-state index contributed by atoms with van der Waals surface area (Å²) >= 11 is 0. The van der Waals surface area contributed by atoms with Gasteiger partial charge in [-0.15, -0.1) is 0 Å². The highest BCUT2D eigenvalue weighted by Crippen LogP contribution is 2.32. The zero-order chi connectivity index (χ0) is 29.7. The molecule has 0 spiro atoms. The molecule has 0 bridgehead atoms. The Morgan fingerprint density at radius 1 is 0.780 bits per heavy atom. The number of rotatable bonds is 15. The van der Waals surface area contributed by atoms with E-state index in [1.807, 2.05) is 0 Å². The summed E-state index contributed by atoms with van der Waals surface area (Å²) in [5.74, 6) is -0.843. The number of hydrogen-bond donors (Lipinski definition) is 2. The number of carbonyl (C=O) groups is 2. The molecule has 3 aromatic rings. The van der Waals surface area contributed by atoms with Gasteiger partial charge in [-0.05, 0) is 79.1 Å². The summed E-state index contributed by atoms with van der Waals surface area (Å²) in [6.45, 7) is -0.105. The molecule has 3 aromatic carbocycles. The Balaban J connectivity index is 1.36. The number of nitrogens with two attached hydrogens (primary N) is 2. The topological polar surface area (TPSA) is 123 Å². The molecule has 0 atom stereocenters. The van der Waals surface area contributed by atoms with E-state index in [1.165, 1.54) is 78.9 Å². The Labute approximate surface area is 235 Å². The molecule has 0 aliphatic heterocycles. The molecule has 0 aliphatic carbocycles. The van der Waals surface area contributed by atoms with E-state index >= 15 is 0 Å². The van der Waals surface area contributed by atoms with Crippen LogP contribution in [0.4, 0.5) is 24.5 Å². The standard InChI is InChI=1S/C30H31F3N2O6/c31-14-3-17-38-26-11-7-23(8-12-26)30(32,33)41-27-9-4-21(5-10-27)6-13-28(36)39-15-1-2-16-40-29(37)22-18-24(34)20-25(35)19-22/h4-13,18-20H,1-3,14-17,34-35H2. The van der Waals surface area contributed by atoms with Gasteiger partial charge in [-0.1, -0.05) is 12.1 Å². The van der Waals surface area contributed by atoms with Crippen LogP contribution >= 0.6 is 0 Å². The maximum atomic E-state index is 14.6. The van der Waals surface area contributed by atoms with Crippen LogP contribution in [0, 0.1) is 0 Å². The zero-order valence-electron chi connectivity index (χ0n) is 22.2. The third kappa shape index (κ3) is 10.4. The Bertz CT molecular complexity index is 1290. The molecule has 218 valence electrons. The van der Waals surface area contributed by atoms with Gasteiger partial charge in [0.25, 0.3) is 0 Å². The summed E-state index contributed by atoms with van der Waals surface area (Å²) in [6.07, 6.45) is 0.265. The number of halogens is 3. The number of hydrogen-bond acceptors (Lipinski definition) is 8. The minimum atomic E-state index is -3.60. The summed E-state index contributed by atoms with van der Waals surface area (Å²) in [5, 5.41) is 0. The van der Waals surface area contributed by atoms with Crippen LogP contribution in [0.2, 0.25) is 0 Å². The third-order valence-corrected chi connectivity index (χ3v) is 5.50. The quantitative estimate of drug-likeness (QED) is 0.0997. The van der Waals surface area contributed by atoms with Crippen molar-refractivity contribution in [3.63, 3.8) is 0 Å². The van der Waals surface area contributed by atoms with Crippen molar-refractivity contribution in [1.29, 1.82) is 0 Å². The highest BCUT2D eigenvalue weighted by molar-refractivity contribution is 5.91. The van der Waals surface area contributed by atoms with Crippen molar-refractivity contribution in [2.75, 3.05) is 38.0 Å². The fourth-order valence-electron chi connectivity index (χ4n) is 3.48. The molecule has 11 heteroatoms. The van der Waals surface area contributed by atoms with E-state index in [0.29, 0.717) is 35.5 Å². The molecule has 8 nitrogen and oxygen atoms in total. The van der Waals surface area contributed by atoms with E-state index in [2.05, 4.69) is 0 Å². The van der Waals surface area contributed by atoms with Crippen molar-refractivity contribution in [2.45, 2.75) is 25.4 Å². The summed E-state index contributed by atoms with van der Waals surface area (Å²) in [5.41, 5.74) is 12.5. The van der Waals surface area contributed by atoms with Gasteiger partial charge < -0.3 is 30.4 Å². The normalized spacial score (nSPS) is 11.3. The van der Waals surface area contributed by atoms with Gasteiger partial charge in [0.05, 0.1) is 37.6 Å². The Hall–Kier alpha value is -4.67. The Morgan fingerprint density at radius 3 is 2.02 bits per heavy atom. The summed E-state index contributed by atoms with van der Waals surface area (Å²) in [7, 11) is 0. The average molecular weight is 573 g/mol. The fourth-order valence-corrected chi connectivity index (χ4v) is 3.48. The van der Waals surface area contributed by atoms with Crippen LogP contribution in [0.15, 0.2) is 72.8 Å². The van der Waals surface area contributed by atoms with E-state index in [1.54, 1.807) is 0 Å². The van der Waals surface area contributed by atoms with E-state index in [9.17, 15) is 22.8 Å². The lowest BCUT2D eigenvalue weighted by molar-refractivity contribution is -0.185. The first-order valence-corrected chi connectivity index (χ1v) is 12.8. The van der Waals surface area contributed by atoms with Crippen molar-refractivity contribution in [2.24, 2.45) is 0 Å². The van der Waals surface area contributed by atoms with Gasteiger partial charge >= 0.3 is 18.0 Å². The zero-order valence-corrected chi connectivity index (χ0v) is 22.2. The van der Waals surface area contributed by atoms with Crippen molar-refractivity contribution in [3.8, 4) is 11.5 Å². The molecule has 4 N–H and O–H groups in total. The predicted octanol–water partition coefficient (Wildman–Crippen LogP) is 5.91. The molecule has 0 radical (unpaired) electrons. The summed E-state index contributed by atoms with van der Waals surface area (Å²) in [6, 6.07) is 15.3. The van der Waals surface area contributed by atoms with Crippen molar-refractivity contribution in [1.82, 2.24) is 0 Å². The smallest absolute Gasteiger partial charge is 0.426 e. The van der Waals surface area contributed by atoms with Crippen LogP contribution in [0.1, 0.15) is 40.7 Å². The monoisotopic (exact) mass is 572 g/mol. The highest BCUT2D eigenvalue weighted by Gasteiger charge is 2.34. The molecule has 0 saturated carbocycles. The molecule has 0 aromatic heterocycles. The highest BCUT2D eigenvalue weighted by atomic mass is 19.3. The number of nitrogen functional groups attached to an aromatic ring is 2. The van der Waals surface area contributed by atoms with E-state index in [4.69, 9.17) is 30.4 Å². The number of benzene rings is 3. The number of anilines is 2. The fraction of sp³-hybridized carbons (Fsp3) is 0.267. The van der Waals surface area contributed by atoms with Crippen molar-refractivity contribution >= 4 is 29.4 Å². The second-order valence-corrected chi connectivity index (χ2v) is 8.84. The number of carbonyl (C=O) groups excluding carboxylic acids is 2. The number of ether oxygens (including phenoxy) is 4. The SMILES string of the molecule is Nc1cc(N)cc(C(=O)OCCCCOC(=O)C=Cc2ccc(OC(F)(F)c3ccc(OCCCF)cc3)cc2)c1. The van der Waals surface area contributed by atoms with E-state index < -0.39 is 24.7 Å². The van der Waals surface area contributed by atoms with Gasteiger partial charge in [0, 0.05) is 23.9 Å². The second-order valence-electron chi connectivity index (χ2n) is 8.84. The lowest BCUT2D eigenvalue weighted by atomic mass is 10.2. The molecule has 41 heavy (non-hydrogen) atoms. The Morgan fingerprint density at radius 2 is 1.39 bits per heavy atom. The summed E-state index contributed by atoms with van der Waals surface area (Å²) < 4.78 is 61.6. The number of alkyl halides is 3. The van der Waals surface area contributed by atoms with E-state index in [-0.39, 0.29) is 43.1 Å². The van der Waals surface area contributed by atoms with Crippen LogP contribution in [-0.4, -0.2) is 38.4 Å². The largest absolute Gasteiger partial charge is 0.494 e. The number of esters is 2. The van der Waals surface area contributed by atoms with Crippen LogP contribution < -0.4 is 20.9 Å². The first-order chi connectivity index (χ1) is 19.7. The molecule has 0 heterocycles. The van der Waals surface area contributed by atoms with Crippen LogP contribution in [-0.2, 0) is 20.4 Å². The minimum absolute atomic E-state index is 0.0714. The second kappa shape index (κ2) is 15.2. The predicted molar refractivity (Wildman–Crippen MR) is 148 cm³/mol. The first kappa shape index (κ1) is 30.9. The minimum Gasteiger partial charge on any atom is -0.494 e. The van der Waals surface area contributed by atoms with Crippen LogP contribution in [0.5, 0.6) is 11.5 Å². The lowest BCUT2D eigenvalue weighted by Crippen LogP contribution is -2.21. The van der Waals surface area contributed by atoms with Crippen LogP contribution in [0.3, 0.4) is 0 Å². The molecule has 0 saturated heterocycles. The van der Waals surface area contributed by atoms with Gasteiger partial charge in [0.15, 0.2) is 0 Å². The molecule has 0 amide bonds. The molecule has 0 unspecified atom stereocenters. The van der Waals surface area contributed by atoms with Gasteiger partial charge in [-0.2, -0.15) is 8.78 Å². The molecular weight excluding hydrogens is 541 g/mol. The lowest BCUT2D eigenvalue weighted by Gasteiger charge is -2.18. The van der Waals surface area contributed by atoms with Gasteiger partial charge in [-0.3, -0.25) is 4.39 Å². The Kier molecular flexibility index (Phi) is 11.4. The van der Waals surface area contributed by atoms with Crippen molar-refractivity contribution < 1.29 is 41.7 Å². The number of unbranched alkanes of at least 4 members (excludes halogenated alkanes) is 1. The van der Waals surface area contributed by atoms with Crippen LogP contribution in [0.25, 0.3) is 6.08 Å². The van der Waals surface area contributed by atoms with Gasteiger partial charge in [0.1, 0.15) is 11.5 Å². The van der Waals surface area contributed by atoms with Gasteiger partial charge in [0.2, 0.25) is 0 Å². The van der Waals surface area contributed by atoms with Crippen molar-refractivity contribution in [3.05, 3.63) is 89.5 Å². The molecular formula is C30H31F3N2O6. The van der Waals surface area contributed by atoms with Gasteiger partial charge in [-0.25, -0.2) is 9.59 Å². The third-order valence-electron chi connectivity index (χ3n) is 5.50. The molecule has 0 aliphatic rings. The molecule has 0 fully saturated rings.